The number of rotatable bonds is 11. The van der Waals surface area contributed by atoms with Crippen molar-refractivity contribution in [1.82, 2.24) is 10.3 Å². The SMILES string of the molecule is COc1ccnc(C(=O)N[C@@H](C)C(=O)OC(C(C)C)[C@H](C)OCC(C)C)c1OC(C)=O. The second-order valence-corrected chi connectivity index (χ2v) is 8.06. The van der Waals surface area contributed by atoms with Gasteiger partial charge in [0.15, 0.2) is 11.4 Å². The Morgan fingerprint density at radius 3 is 2.26 bits per heavy atom. The molecule has 31 heavy (non-hydrogen) atoms. The van der Waals surface area contributed by atoms with Gasteiger partial charge in [-0.1, -0.05) is 27.7 Å². The molecule has 1 amide bonds. The molecule has 0 saturated heterocycles. The van der Waals surface area contributed by atoms with E-state index in [4.69, 9.17) is 18.9 Å². The monoisotopic (exact) mass is 438 g/mol. The molecular formula is C22H34N2O7. The van der Waals surface area contributed by atoms with Gasteiger partial charge in [-0.2, -0.15) is 0 Å². The van der Waals surface area contributed by atoms with E-state index in [0.717, 1.165) is 0 Å². The minimum atomic E-state index is -0.968. The lowest BCUT2D eigenvalue weighted by molar-refractivity contribution is -0.163. The summed E-state index contributed by atoms with van der Waals surface area (Å²) in [6.07, 6.45) is 0.564. The minimum absolute atomic E-state index is 0.0182. The highest BCUT2D eigenvalue weighted by Gasteiger charge is 2.30. The van der Waals surface area contributed by atoms with E-state index in [1.807, 2.05) is 34.6 Å². The molecule has 9 nitrogen and oxygen atoms in total. The molecule has 174 valence electrons. The van der Waals surface area contributed by atoms with E-state index in [0.29, 0.717) is 12.5 Å². The summed E-state index contributed by atoms with van der Waals surface area (Å²) in [4.78, 5) is 40.7. The molecule has 3 atom stereocenters. The Morgan fingerprint density at radius 2 is 1.74 bits per heavy atom. The number of nitrogens with one attached hydrogen (secondary N) is 1. The molecule has 1 rings (SSSR count). The first-order chi connectivity index (χ1) is 14.5. The van der Waals surface area contributed by atoms with E-state index < -0.39 is 30.0 Å². The van der Waals surface area contributed by atoms with Crippen LogP contribution in [0.5, 0.6) is 11.5 Å². The van der Waals surface area contributed by atoms with Gasteiger partial charge in [0, 0.05) is 25.8 Å². The van der Waals surface area contributed by atoms with Crippen molar-refractivity contribution in [2.24, 2.45) is 11.8 Å². The third-order valence-corrected chi connectivity index (χ3v) is 4.31. The Morgan fingerprint density at radius 1 is 1.10 bits per heavy atom. The number of pyridine rings is 1. The summed E-state index contributed by atoms with van der Waals surface area (Å²) in [5.74, 6) is -1.53. The molecule has 0 aliphatic heterocycles. The normalized spacial score (nSPS) is 14.0. The summed E-state index contributed by atoms with van der Waals surface area (Å²) in [5, 5.41) is 2.53. The van der Waals surface area contributed by atoms with Crippen molar-refractivity contribution in [1.29, 1.82) is 0 Å². The van der Waals surface area contributed by atoms with E-state index >= 15 is 0 Å². The lowest BCUT2D eigenvalue weighted by atomic mass is 10.0. The molecule has 1 aromatic heterocycles. The van der Waals surface area contributed by atoms with E-state index in [1.165, 1.54) is 33.2 Å². The van der Waals surface area contributed by atoms with Crippen molar-refractivity contribution in [3.8, 4) is 11.5 Å². The average Bonchev–Trinajstić information content (AvgIpc) is 2.69. The number of ether oxygens (including phenoxy) is 4. The van der Waals surface area contributed by atoms with Gasteiger partial charge >= 0.3 is 11.9 Å². The molecule has 0 saturated carbocycles. The molecule has 1 aromatic rings. The van der Waals surface area contributed by atoms with Crippen molar-refractivity contribution < 1.29 is 33.3 Å². The molecule has 1 N–H and O–H groups in total. The Balaban J connectivity index is 2.90. The lowest BCUT2D eigenvalue weighted by Gasteiger charge is -2.29. The van der Waals surface area contributed by atoms with E-state index in [2.05, 4.69) is 10.3 Å². The van der Waals surface area contributed by atoms with Crippen LogP contribution in [0.25, 0.3) is 0 Å². The fourth-order valence-corrected chi connectivity index (χ4v) is 2.77. The highest BCUT2D eigenvalue weighted by Crippen LogP contribution is 2.29. The first kappa shape index (κ1) is 26.4. The molecule has 0 aromatic carbocycles. The highest BCUT2D eigenvalue weighted by molar-refractivity contribution is 5.98. The van der Waals surface area contributed by atoms with Crippen LogP contribution in [0, 0.1) is 11.8 Å². The first-order valence-corrected chi connectivity index (χ1v) is 10.3. The first-order valence-electron chi connectivity index (χ1n) is 10.3. The number of hydrogen-bond acceptors (Lipinski definition) is 8. The Bertz CT molecular complexity index is 764. The molecule has 0 bridgehead atoms. The quantitative estimate of drug-likeness (QED) is 0.525. The van der Waals surface area contributed by atoms with Crippen LogP contribution < -0.4 is 14.8 Å². The number of methoxy groups -OCH3 is 1. The van der Waals surface area contributed by atoms with Crippen molar-refractivity contribution in [3.63, 3.8) is 0 Å². The van der Waals surface area contributed by atoms with Crippen LogP contribution in [0.3, 0.4) is 0 Å². The van der Waals surface area contributed by atoms with Crippen LogP contribution in [-0.4, -0.2) is 54.8 Å². The van der Waals surface area contributed by atoms with Crippen molar-refractivity contribution in [2.45, 2.75) is 66.7 Å². The van der Waals surface area contributed by atoms with Gasteiger partial charge in [-0.05, 0) is 25.7 Å². The zero-order valence-corrected chi connectivity index (χ0v) is 19.6. The summed E-state index contributed by atoms with van der Waals surface area (Å²) in [6.45, 7) is 13.0. The second kappa shape index (κ2) is 12.2. The molecular weight excluding hydrogens is 404 g/mol. The molecule has 0 spiro atoms. The van der Waals surface area contributed by atoms with Gasteiger partial charge < -0.3 is 24.3 Å². The van der Waals surface area contributed by atoms with Gasteiger partial charge in [-0.3, -0.25) is 9.59 Å². The third kappa shape index (κ3) is 8.16. The van der Waals surface area contributed by atoms with Crippen LogP contribution in [0.1, 0.15) is 59.0 Å². The topological polar surface area (TPSA) is 113 Å². The number of hydrogen-bond donors (Lipinski definition) is 1. The van der Waals surface area contributed by atoms with Crippen LogP contribution in [0.2, 0.25) is 0 Å². The zero-order valence-electron chi connectivity index (χ0n) is 19.6. The number of esters is 2. The molecule has 0 fully saturated rings. The van der Waals surface area contributed by atoms with Gasteiger partial charge in [0.05, 0.1) is 13.2 Å². The maximum Gasteiger partial charge on any atom is 0.328 e. The van der Waals surface area contributed by atoms with Gasteiger partial charge in [-0.25, -0.2) is 9.78 Å². The fourth-order valence-electron chi connectivity index (χ4n) is 2.77. The second-order valence-electron chi connectivity index (χ2n) is 8.06. The molecule has 0 radical (unpaired) electrons. The summed E-state index contributed by atoms with van der Waals surface area (Å²) in [6, 6.07) is 0.489. The Hall–Kier alpha value is -2.68. The van der Waals surface area contributed by atoms with Gasteiger partial charge in [0.25, 0.3) is 5.91 Å². The molecule has 0 aliphatic carbocycles. The van der Waals surface area contributed by atoms with Crippen LogP contribution in [0.4, 0.5) is 0 Å². The number of carbonyl (C=O) groups excluding carboxylic acids is 3. The molecule has 9 heteroatoms. The largest absolute Gasteiger partial charge is 0.493 e. The predicted octanol–water partition coefficient (Wildman–Crippen LogP) is 2.76. The van der Waals surface area contributed by atoms with E-state index in [1.54, 1.807) is 0 Å². The summed E-state index contributed by atoms with van der Waals surface area (Å²) < 4.78 is 21.7. The summed E-state index contributed by atoms with van der Waals surface area (Å²) in [5.41, 5.74) is -0.178. The van der Waals surface area contributed by atoms with E-state index in [9.17, 15) is 14.4 Å². The number of carbonyl (C=O) groups is 3. The maximum atomic E-state index is 12.7. The smallest absolute Gasteiger partial charge is 0.328 e. The van der Waals surface area contributed by atoms with E-state index in [-0.39, 0.29) is 29.2 Å². The van der Waals surface area contributed by atoms with Gasteiger partial charge in [0.1, 0.15) is 12.1 Å². The number of aromatic nitrogens is 1. The summed E-state index contributed by atoms with van der Waals surface area (Å²) in [7, 11) is 1.37. The minimum Gasteiger partial charge on any atom is -0.493 e. The van der Waals surface area contributed by atoms with Gasteiger partial charge in [-0.15, -0.1) is 0 Å². The van der Waals surface area contributed by atoms with Crippen molar-refractivity contribution >= 4 is 17.8 Å². The van der Waals surface area contributed by atoms with Crippen molar-refractivity contribution in [3.05, 3.63) is 18.0 Å². The molecule has 1 unspecified atom stereocenters. The van der Waals surface area contributed by atoms with Crippen molar-refractivity contribution in [2.75, 3.05) is 13.7 Å². The van der Waals surface area contributed by atoms with Crippen LogP contribution in [0.15, 0.2) is 12.3 Å². The highest BCUT2D eigenvalue weighted by atomic mass is 16.6. The standard InChI is InChI=1S/C22H34N2O7/c1-12(2)11-29-15(6)19(13(3)4)31-22(27)14(5)24-21(26)18-20(30-16(7)25)17(28-8)9-10-23-18/h9-10,12-15,19H,11H2,1-8H3,(H,24,26)/t14-,15-,19?/m0/s1. The van der Waals surface area contributed by atoms with Gasteiger partial charge in [0.2, 0.25) is 5.75 Å². The Kier molecular flexibility index (Phi) is 10.4. The fraction of sp³-hybridized carbons (Fsp3) is 0.636. The molecule has 1 heterocycles. The predicted molar refractivity (Wildman–Crippen MR) is 114 cm³/mol. The Labute approximate surface area is 183 Å². The molecule has 0 aliphatic rings. The third-order valence-electron chi connectivity index (χ3n) is 4.31. The average molecular weight is 439 g/mol. The summed E-state index contributed by atoms with van der Waals surface area (Å²) >= 11 is 0. The number of amides is 1. The zero-order chi connectivity index (χ0) is 23.7. The van der Waals surface area contributed by atoms with Crippen LogP contribution in [-0.2, 0) is 19.1 Å². The lowest BCUT2D eigenvalue weighted by Crippen LogP contribution is -2.44. The number of nitrogens with zero attached hydrogens (tertiary/aromatic N) is 1. The maximum absolute atomic E-state index is 12.7. The van der Waals surface area contributed by atoms with Crippen LogP contribution >= 0.6 is 0 Å².